The van der Waals surface area contributed by atoms with Crippen molar-refractivity contribution in [3.05, 3.63) is 79.1 Å². The number of fused-ring (bicyclic) bond motifs is 4. The maximum absolute atomic E-state index is 12.4. The fraction of sp³-hybridized carbons (Fsp3) is 0.515. The second-order valence-electron chi connectivity index (χ2n) is 13.2. The van der Waals surface area contributed by atoms with E-state index in [4.69, 9.17) is 9.47 Å². The van der Waals surface area contributed by atoms with Gasteiger partial charge in [0, 0.05) is 30.4 Å². The summed E-state index contributed by atoms with van der Waals surface area (Å²) in [7, 11) is 0. The summed E-state index contributed by atoms with van der Waals surface area (Å²) < 4.78 is 13.2. The van der Waals surface area contributed by atoms with E-state index in [2.05, 4.69) is 26.0 Å². The fourth-order valence-electron chi connectivity index (χ4n) is 6.91. The van der Waals surface area contributed by atoms with Crippen LogP contribution in [0.5, 0.6) is 23.0 Å². The number of aliphatic hydroxyl groups is 1. The second-order valence-corrected chi connectivity index (χ2v) is 13.2. The Morgan fingerprint density at radius 2 is 1.32 bits per heavy atom. The molecule has 7 heteroatoms. The van der Waals surface area contributed by atoms with Gasteiger partial charge in [0.25, 0.3) is 0 Å². The molecule has 2 heterocycles. The van der Waals surface area contributed by atoms with Crippen LogP contribution in [-0.4, -0.2) is 32.6 Å². The standard InChI is InChI=1S/C33H40O7/c1-18-10-24(34)26(36)15-28-22(18)12-20-14-30(38)33(6)21(17-31(3,4)8-7-9-32(20,5)39-28)13-23-19(2)11-25(35)27(37)16-29(23)40-33/h7-8,10-11,15-16,20-21,30,38H,9,12-14,17H2,1-6H3,(H,34,36)(H,35,37)/b8-7+/t20-,21-,30-,32-,33-/m1/s1. The van der Waals surface area contributed by atoms with Crippen LogP contribution in [0, 0.1) is 31.1 Å². The summed E-state index contributed by atoms with van der Waals surface area (Å²) in [5.41, 5.74) is 0.352. The highest BCUT2D eigenvalue weighted by Gasteiger charge is 2.51. The molecule has 2 aromatic rings. The van der Waals surface area contributed by atoms with Crippen LogP contribution in [0.25, 0.3) is 0 Å². The lowest BCUT2D eigenvalue weighted by Crippen LogP contribution is -2.57. The summed E-state index contributed by atoms with van der Waals surface area (Å²) in [5.74, 6) is -0.0166. The van der Waals surface area contributed by atoms with Crippen LogP contribution in [0.4, 0.5) is 0 Å². The minimum absolute atomic E-state index is 0.0753. The van der Waals surface area contributed by atoms with Crippen LogP contribution in [0.2, 0.25) is 0 Å². The van der Waals surface area contributed by atoms with Gasteiger partial charge in [0.1, 0.15) is 22.7 Å². The Kier molecular flexibility index (Phi) is 6.81. The molecule has 7 nitrogen and oxygen atoms in total. The molecule has 2 aromatic carbocycles. The predicted octanol–water partition coefficient (Wildman–Crippen LogP) is 4.88. The first-order valence-corrected chi connectivity index (χ1v) is 14.1. The van der Waals surface area contributed by atoms with Crippen LogP contribution in [0.1, 0.15) is 69.2 Å². The van der Waals surface area contributed by atoms with Gasteiger partial charge in [0.05, 0.1) is 6.10 Å². The zero-order chi connectivity index (χ0) is 29.2. The molecule has 214 valence electrons. The number of hydrogen-bond donors (Lipinski definition) is 3. The van der Waals surface area contributed by atoms with Gasteiger partial charge >= 0.3 is 0 Å². The molecule has 0 saturated heterocycles. The molecule has 3 aliphatic rings. The van der Waals surface area contributed by atoms with E-state index in [1.807, 2.05) is 27.7 Å². The lowest BCUT2D eigenvalue weighted by atomic mass is 9.67. The van der Waals surface area contributed by atoms with E-state index in [0.29, 0.717) is 37.2 Å². The molecule has 0 amide bonds. The highest BCUT2D eigenvalue weighted by atomic mass is 16.5. The zero-order valence-corrected chi connectivity index (χ0v) is 24.2. The summed E-state index contributed by atoms with van der Waals surface area (Å²) in [6.45, 7) is 12.0. The van der Waals surface area contributed by atoms with Gasteiger partial charge in [0.15, 0.2) is 11.5 Å². The second kappa shape index (κ2) is 9.65. The molecular weight excluding hydrogens is 508 g/mol. The van der Waals surface area contributed by atoms with Crippen molar-refractivity contribution in [1.82, 2.24) is 0 Å². The third-order valence-electron chi connectivity index (χ3n) is 9.56. The molecule has 0 saturated carbocycles. The van der Waals surface area contributed by atoms with Gasteiger partial charge < -0.3 is 24.8 Å². The Balaban J connectivity index is 1.63. The number of aromatic hydroxyl groups is 2. The van der Waals surface area contributed by atoms with Gasteiger partial charge in [-0.3, -0.25) is 9.59 Å². The van der Waals surface area contributed by atoms with Gasteiger partial charge in [-0.1, -0.05) is 26.0 Å². The first-order valence-electron chi connectivity index (χ1n) is 14.1. The van der Waals surface area contributed by atoms with E-state index >= 15 is 0 Å². The molecule has 0 bridgehead atoms. The monoisotopic (exact) mass is 548 g/mol. The van der Waals surface area contributed by atoms with Crippen molar-refractivity contribution in [2.45, 2.75) is 91.0 Å². The van der Waals surface area contributed by atoms with Crippen molar-refractivity contribution in [1.29, 1.82) is 0 Å². The van der Waals surface area contributed by atoms with E-state index in [-0.39, 0.29) is 28.7 Å². The minimum Gasteiger partial charge on any atom is -0.504 e. The maximum atomic E-state index is 12.4. The predicted molar refractivity (Wildman–Crippen MR) is 153 cm³/mol. The van der Waals surface area contributed by atoms with Gasteiger partial charge in [-0.05, 0) is 93.2 Å². The van der Waals surface area contributed by atoms with Crippen LogP contribution >= 0.6 is 0 Å². The maximum Gasteiger partial charge on any atom is 0.220 e. The normalized spacial score (nSPS) is 31.5. The highest BCUT2D eigenvalue weighted by Crippen LogP contribution is 2.49. The number of aryl methyl sites for hydroxylation is 2. The highest BCUT2D eigenvalue weighted by molar-refractivity contribution is 5.47. The molecule has 1 aliphatic carbocycles. The van der Waals surface area contributed by atoms with Crippen molar-refractivity contribution >= 4 is 0 Å². The molecule has 5 rings (SSSR count). The SMILES string of the molecule is Cc1cc(=O)c(O)cc2c1C[C@@H]1CC(C)(C)/C=C/C[C@@]3(C)Oc4cc(O)c(=O)cc(C)c4C[C@@H]3C[C@@H](O)[C@]1(C)O2. The van der Waals surface area contributed by atoms with Crippen molar-refractivity contribution in [2.24, 2.45) is 17.3 Å². The Morgan fingerprint density at radius 3 is 1.90 bits per heavy atom. The summed E-state index contributed by atoms with van der Waals surface area (Å²) >= 11 is 0. The number of aliphatic hydroxyl groups excluding tert-OH is 1. The first kappa shape index (κ1) is 28.2. The summed E-state index contributed by atoms with van der Waals surface area (Å²) in [6.07, 6.45) is 6.31. The Morgan fingerprint density at radius 1 is 0.800 bits per heavy atom. The van der Waals surface area contributed by atoms with E-state index in [1.165, 1.54) is 24.3 Å². The van der Waals surface area contributed by atoms with Gasteiger partial charge in [-0.2, -0.15) is 0 Å². The number of rotatable bonds is 0. The van der Waals surface area contributed by atoms with Gasteiger partial charge in [0.2, 0.25) is 10.9 Å². The van der Waals surface area contributed by atoms with E-state index < -0.39 is 28.2 Å². The van der Waals surface area contributed by atoms with Crippen LogP contribution in [-0.2, 0) is 12.8 Å². The van der Waals surface area contributed by atoms with Crippen molar-refractivity contribution < 1.29 is 24.8 Å². The third-order valence-corrected chi connectivity index (χ3v) is 9.56. The number of allylic oxidation sites excluding steroid dienone is 1. The molecule has 5 atom stereocenters. The molecule has 0 radical (unpaired) electrons. The molecule has 0 aromatic heterocycles. The molecule has 0 fully saturated rings. The van der Waals surface area contributed by atoms with Crippen molar-refractivity contribution in [3.8, 4) is 23.0 Å². The summed E-state index contributed by atoms with van der Waals surface area (Å²) in [5, 5.41) is 32.7. The lowest BCUT2D eigenvalue weighted by Gasteiger charge is -2.49. The first-order chi connectivity index (χ1) is 18.6. The van der Waals surface area contributed by atoms with Crippen molar-refractivity contribution in [2.75, 3.05) is 0 Å². The number of hydrogen-bond acceptors (Lipinski definition) is 7. The number of ether oxygens (including phenoxy) is 2. The Labute approximate surface area is 235 Å². The molecular formula is C33H40O7. The molecule has 40 heavy (non-hydrogen) atoms. The Bertz CT molecular complexity index is 1510. The van der Waals surface area contributed by atoms with Gasteiger partial charge in [-0.25, -0.2) is 0 Å². The minimum atomic E-state index is -1.00. The summed E-state index contributed by atoms with van der Waals surface area (Å²) in [6, 6.07) is 5.68. The average molecular weight is 549 g/mol. The fourth-order valence-corrected chi connectivity index (χ4v) is 6.91. The quantitative estimate of drug-likeness (QED) is 0.402. The van der Waals surface area contributed by atoms with E-state index in [0.717, 1.165) is 28.7 Å². The van der Waals surface area contributed by atoms with E-state index in [1.54, 1.807) is 0 Å². The molecule has 0 spiro atoms. The lowest BCUT2D eigenvalue weighted by molar-refractivity contribution is -0.117. The molecule has 2 aliphatic heterocycles. The third kappa shape index (κ3) is 4.89. The zero-order valence-electron chi connectivity index (χ0n) is 24.2. The largest absolute Gasteiger partial charge is 0.504 e. The average Bonchev–Trinajstić information content (AvgIpc) is 3.01. The Hall–Kier alpha value is -3.32. The molecule has 3 N–H and O–H groups in total. The van der Waals surface area contributed by atoms with Gasteiger partial charge in [-0.15, -0.1) is 0 Å². The van der Waals surface area contributed by atoms with Crippen LogP contribution in [0.3, 0.4) is 0 Å². The molecule has 0 unspecified atom stereocenters. The van der Waals surface area contributed by atoms with E-state index in [9.17, 15) is 24.9 Å². The smallest absolute Gasteiger partial charge is 0.220 e. The topological polar surface area (TPSA) is 113 Å². The van der Waals surface area contributed by atoms with Crippen molar-refractivity contribution in [3.63, 3.8) is 0 Å². The van der Waals surface area contributed by atoms with Crippen LogP contribution < -0.4 is 20.3 Å². The summed E-state index contributed by atoms with van der Waals surface area (Å²) in [4.78, 5) is 24.7. The van der Waals surface area contributed by atoms with Crippen LogP contribution in [0.15, 0.2) is 46.0 Å².